The molecule has 0 saturated carbocycles. The van der Waals surface area contributed by atoms with Gasteiger partial charge in [0.05, 0.1) is 6.57 Å². The van der Waals surface area contributed by atoms with Gasteiger partial charge in [-0.25, -0.2) is 14.2 Å². The summed E-state index contributed by atoms with van der Waals surface area (Å²) in [6.07, 6.45) is 1.53. The van der Waals surface area contributed by atoms with E-state index in [4.69, 9.17) is 11.3 Å². The Labute approximate surface area is 111 Å². The summed E-state index contributed by atoms with van der Waals surface area (Å²) >= 11 is 3.18. The van der Waals surface area contributed by atoms with E-state index >= 15 is 0 Å². The van der Waals surface area contributed by atoms with Crippen LogP contribution in [0.25, 0.3) is 4.85 Å². The van der Waals surface area contributed by atoms with Crippen LogP contribution in [-0.2, 0) is 6.61 Å². The summed E-state index contributed by atoms with van der Waals surface area (Å²) in [6.45, 7) is 6.79. The summed E-state index contributed by atoms with van der Waals surface area (Å²) in [5, 5.41) is 0. The Morgan fingerprint density at radius 1 is 1.39 bits per heavy atom. The van der Waals surface area contributed by atoms with Crippen molar-refractivity contribution in [2.75, 3.05) is 0 Å². The lowest BCUT2D eigenvalue weighted by atomic mass is 10.2. The second-order valence-corrected chi connectivity index (χ2v) is 4.15. The third-order valence-electron chi connectivity index (χ3n) is 2.12. The number of rotatable bonds is 3. The van der Waals surface area contributed by atoms with Gasteiger partial charge in [-0.05, 0) is 28.1 Å². The molecule has 0 fully saturated rings. The van der Waals surface area contributed by atoms with E-state index in [1.165, 1.54) is 24.4 Å². The van der Waals surface area contributed by atoms with E-state index in [1.54, 1.807) is 6.07 Å². The Kier molecular flexibility index (Phi) is 3.85. The summed E-state index contributed by atoms with van der Waals surface area (Å²) in [5.41, 5.74) is 0.612. The van der Waals surface area contributed by atoms with Gasteiger partial charge >= 0.3 is 6.01 Å². The quantitative estimate of drug-likeness (QED) is 0.643. The second kappa shape index (κ2) is 5.56. The van der Waals surface area contributed by atoms with Crippen LogP contribution >= 0.6 is 15.9 Å². The highest BCUT2D eigenvalue weighted by Gasteiger charge is 2.05. The first kappa shape index (κ1) is 12.5. The van der Waals surface area contributed by atoms with Crippen molar-refractivity contribution in [1.29, 1.82) is 0 Å². The molecule has 2 rings (SSSR count). The molecule has 0 saturated heterocycles. The molecule has 0 N–H and O–H groups in total. The van der Waals surface area contributed by atoms with Gasteiger partial charge in [-0.15, -0.1) is 0 Å². The van der Waals surface area contributed by atoms with Crippen molar-refractivity contribution >= 4 is 21.6 Å². The minimum atomic E-state index is -0.474. The highest BCUT2D eigenvalue weighted by atomic mass is 79.9. The van der Waals surface area contributed by atoms with Crippen LogP contribution in [0.2, 0.25) is 0 Å². The lowest BCUT2D eigenvalue weighted by molar-refractivity contribution is 0.275. The van der Waals surface area contributed by atoms with Gasteiger partial charge < -0.3 is 4.74 Å². The first-order valence-corrected chi connectivity index (χ1v) is 5.75. The molecule has 18 heavy (non-hydrogen) atoms. The molecule has 4 nitrogen and oxygen atoms in total. The first-order chi connectivity index (χ1) is 8.69. The predicted octanol–water partition coefficient (Wildman–Crippen LogP) is 3.51. The summed E-state index contributed by atoms with van der Waals surface area (Å²) in [4.78, 5) is 11.0. The van der Waals surface area contributed by atoms with E-state index in [0.717, 1.165) is 0 Å². The van der Waals surface area contributed by atoms with Gasteiger partial charge in [0.1, 0.15) is 17.0 Å². The van der Waals surface area contributed by atoms with E-state index < -0.39 is 5.82 Å². The van der Waals surface area contributed by atoms with Gasteiger partial charge in [0.2, 0.25) is 0 Å². The Balaban J connectivity index is 2.09. The average molecular weight is 308 g/mol. The van der Waals surface area contributed by atoms with Crippen molar-refractivity contribution in [3.8, 4) is 6.01 Å². The predicted molar refractivity (Wildman–Crippen MR) is 66.7 cm³/mol. The fourth-order valence-corrected chi connectivity index (χ4v) is 1.52. The SMILES string of the molecule is [C-]#[N+]c1ccc(COc2nccc(Br)n2)c(F)c1. The normalized spacial score (nSPS) is 9.83. The molecule has 1 aromatic heterocycles. The third kappa shape index (κ3) is 3.02. The van der Waals surface area contributed by atoms with Gasteiger partial charge in [0.25, 0.3) is 0 Å². The Morgan fingerprint density at radius 2 is 2.22 bits per heavy atom. The lowest BCUT2D eigenvalue weighted by Gasteiger charge is -2.05. The zero-order chi connectivity index (χ0) is 13.0. The summed E-state index contributed by atoms with van der Waals surface area (Å²) in [5.74, 6) is -0.474. The van der Waals surface area contributed by atoms with Crippen molar-refractivity contribution in [3.05, 3.63) is 57.9 Å². The maximum atomic E-state index is 13.5. The molecule has 0 aliphatic carbocycles. The van der Waals surface area contributed by atoms with E-state index in [1.807, 2.05) is 0 Å². The van der Waals surface area contributed by atoms with Crippen molar-refractivity contribution < 1.29 is 9.13 Å². The summed E-state index contributed by atoms with van der Waals surface area (Å²) in [6, 6.07) is 6.06. The van der Waals surface area contributed by atoms with Gasteiger partial charge in [0.15, 0.2) is 5.69 Å². The molecular weight excluding hydrogens is 301 g/mol. The Morgan fingerprint density at radius 3 is 2.89 bits per heavy atom. The van der Waals surface area contributed by atoms with Crippen LogP contribution in [0.3, 0.4) is 0 Å². The van der Waals surface area contributed by atoms with Crippen LogP contribution in [-0.4, -0.2) is 9.97 Å². The molecule has 90 valence electrons. The monoisotopic (exact) mass is 307 g/mol. The van der Waals surface area contributed by atoms with Gasteiger partial charge in [-0.3, -0.25) is 0 Å². The van der Waals surface area contributed by atoms with Crippen LogP contribution in [0.5, 0.6) is 6.01 Å². The van der Waals surface area contributed by atoms with Crippen molar-refractivity contribution in [3.63, 3.8) is 0 Å². The standard InChI is InChI=1S/C12H7BrFN3O/c1-15-9-3-2-8(10(14)6-9)7-18-12-16-5-4-11(13)17-12/h2-6H,7H2. The van der Waals surface area contributed by atoms with Crippen LogP contribution < -0.4 is 4.74 Å². The fourth-order valence-electron chi connectivity index (χ4n) is 1.25. The van der Waals surface area contributed by atoms with Crippen LogP contribution in [0, 0.1) is 12.4 Å². The number of hydrogen-bond donors (Lipinski definition) is 0. The molecule has 0 amide bonds. The third-order valence-corrected chi connectivity index (χ3v) is 2.56. The van der Waals surface area contributed by atoms with Crippen LogP contribution in [0.15, 0.2) is 35.1 Å². The average Bonchev–Trinajstić information content (AvgIpc) is 2.37. The van der Waals surface area contributed by atoms with Gasteiger partial charge in [0, 0.05) is 11.8 Å². The maximum absolute atomic E-state index is 13.5. The highest BCUT2D eigenvalue weighted by molar-refractivity contribution is 9.10. The molecule has 6 heteroatoms. The Hall–Kier alpha value is -2.00. The smallest absolute Gasteiger partial charge is 0.317 e. The molecular formula is C12H7BrFN3O. The number of hydrogen-bond acceptors (Lipinski definition) is 3. The van der Waals surface area contributed by atoms with E-state index in [-0.39, 0.29) is 18.3 Å². The van der Waals surface area contributed by atoms with Gasteiger partial charge in [-0.1, -0.05) is 12.1 Å². The zero-order valence-electron chi connectivity index (χ0n) is 9.10. The molecule has 1 heterocycles. The summed E-state index contributed by atoms with van der Waals surface area (Å²) in [7, 11) is 0. The topological polar surface area (TPSA) is 39.4 Å². The number of nitrogens with zero attached hydrogens (tertiary/aromatic N) is 3. The number of aromatic nitrogens is 2. The van der Waals surface area contributed by atoms with Crippen molar-refractivity contribution in [2.45, 2.75) is 6.61 Å². The van der Waals surface area contributed by atoms with E-state index in [9.17, 15) is 4.39 Å². The number of ether oxygens (including phenoxy) is 1. The lowest BCUT2D eigenvalue weighted by Crippen LogP contribution is -2.01. The number of benzene rings is 1. The Bertz CT molecular complexity index is 613. The summed E-state index contributed by atoms with van der Waals surface area (Å²) < 4.78 is 19.4. The molecule has 0 spiro atoms. The molecule has 0 bridgehead atoms. The molecule has 0 aliphatic rings. The minimum absolute atomic E-state index is 0.0145. The molecule has 0 atom stereocenters. The first-order valence-electron chi connectivity index (χ1n) is 4.96. The zero-order valence-corrected chi connectivity index (χ0v) is 10.7. The minimum Gasteiger partial charge on any atom is -0.458 e. The maximum Gasteiger partial charge on any atom is 0.317 e. The largest absolute Gasteiger partial charge is 0.458 e. The second-order valence-electron chi connectivity index (χ2n) is 3.34. The molecule has 0 radical (unpaired) electrons. The number of halogens is 2. The van der Waals surface area contributed by atoms with Crippen molar-refractivity contribution in [1.82, 2.24) is 9.97 Å². The van der Waals surface area contributed by atoms with Gasteiger partial charge in [-0.2, -0.15) is 4.98 Å². The molecule has 0 aliphatic heterocycles. The highest BCUT2D eigenvalue weighted by Crippen LogP contribution is 2.18. The van der Waals surface area contributed by atoms with E-state index in [0.29, 0.717) is 10.2 Å². The van der Waals surface area contributed by atoms with Crippen molar-refractivity contribution in [2.24, 2.45) is 0 Å². The molecule has 1 aromatic carbocycles. The van der Waals surface area contributed by atoms with Crippen LogP contribution in [0.1, 0.15) is 5.56 Å². The molecule has 2 aromatic rings. The van der Waals surface area contributed by atoms with E-state index in [2.05, 4.69) is 30.7 Å². The molecule has 0 unspecified atom stereocenters. The fraction of sp³-hybridized carbons (Fsp3) is 0.0833. The van der Waals surface area contributed by atoms with Crippen LogP contribution in [0.4, 0.5) is 10.1 Å².